The van der Waals surface area contributed by atoms with Gasteiger partial charge in [0, 0.05) is 25.3 Å². The zero-order valence-corrected chi connectivity index (χ0v) is 16.8. The third-order valence-corrected chi connectivity index (χ3v) is 5.06. The summed E-state index contributed by atoms with van der Waals surface area (Å²) in [4.78, 5) is 1.94. The molecule has 0 saturated carbocycles. The predicted octanol–water partition coefficient (Wildman–Crippen LogP) is 2.40. The van der Waals surface area contributed by atoms with Gasteiger partial charge in [-0.25, -0.2) is 4.39 Å². The molecule has 0 radical (unpaired) electrons. The molecule has 2 heterocycles. The van der Waals surface area contributed by atoms with Gasteiger partial charge in [-0.05, 0) is 35.9 Å². The maximum Gasteiger partial charge on any atom is 0.157 e. The van der Waals surface area contributed by atoms with Crippen molar-refractivity contribution >= 4 is 23.0 Å². The van der Waals surface area contributed by atoms with Crippen molar-refractivity contribution < 1.29 is 19.3 Å². The number of benzene rings is 2. The lowest BCUT2D eigenvalue weighted by atomic mass is 10.2. The number of anilines is 4. The molecule has 0 aliphatic carbocycles. The van der Waals surface area contributed by atoms with E-state index in [0.717, 1.165) is 5.56 Å². The normalized spacial score (nSPS) is 15.0. The van der Waals surface area contributed by atoms with Crippen LogP contribution in [0.2, 0.25) is 0 Å². The Labute approximate surface area is 178 Å². The minimum absolute atomic E-state index is 0.181. The Hall–Kier alpha value is -3.34. The number of nitrogens with two attached hydrogens (primary N) is 1. The van der Waals surface area contributed by atoms with Gasteiger partial charge in [0.15, 0.2) is 5.82 Å². The summed E-state index contributed by atoms with van der Waals surface area (Å²) < 4.78 is 20.0. The van der Waals surface area contributed by atoms with Gasteiger partial charge in [0.1, 0.15) is 23.6 Å². The van der Waals surface area contributed by atoms with Crippen LogP contribution in [-0.4, -0.2) is 46.7 Å². The Morgan fingerprint density at radius 1 is 1.19 bits per heavy atom. The number of aromatic hydroxyl groups is 1. The number of aromatic nitrogens is 2. The second-order valence-corrected chi connectivity index (χ2v) is 7.22. The van der Waals surface area contributed by atoms with Crippen LogP contribution >= 0.6 is 0 Å². The number of ether oxygens (including phenoxy) is 1. The Kier molecular flexibility index (Phi) is 6.21. The largest absolute Gasteiger partial charge is 0.508 e. The number of hydrogen-bond acceptors (Lipinski definition) is 8. The highest BCUT2D eigenvalue weighted by Crippen LogP contribution is 2.31. The average Bonchev–Trinajstić information content (AvgIpc) is 3.17. The quantitative estimate of drug-likeness (QED) is 0.316. The van der Waals surface area contributed by atoms with Crippen LogP contribution in [0.4, 0.5) is 27.4 Å². The molecule has 1 aromatic heterocycles. The highest BCUT2D eigenvalue weighted by molar-refractivity contribution is 5.68. The third kappa shape index (κ3) is 4.88. The maximum atomic E-state index is 14.7. The number of nitrogens with zero attached hydrogens (tertiary/aromatic N) is 2. The predicted molar refractivity (Wildman–Crippen MR) is 116 cm³/mol. The van der Waals surface area contributed by atoms with E-state index in [1.807, 2.05) is 4.90 Å². The Morgan fingerprint density at radius 3 is 2.61 bits per heavy atom. The average molecular weight is 428 g/mol. The van der Waals surface area contributed by atoms with Crippen LogP contribution in [0.15, 0.2) is 42.5 Å². The lowest BCUT2D eigenvalue weighted by Crippen LogP contribution is -2.36. The summed E-state index contributed by atoms with van der Waals surface area (Å²) in [5, 5.41) is 32.6. The van der Waals surface area contributed by atoms with E-state index in [1.165, 1.54) is 6.07 Å². The van der Waals surface area contributed by atoms with Gasteiger partial charge in [0.2, 0.25) is 0 Å². The molecular formula is C21H25FN6O3. The third-order valence-electron chi connectivity index (χ3n) is 5.06. The number of phenolic OH excluding ortho intramolecular Hbond substituents is 1. The number of aliphatic hydroxyl groups is 1. The molecule has 9 nitrogen and oxygen atoms in total. The first-order chi connectivity index (χ1) is 15.0. The van der Waals surface area contributed by atoms with Crippen molar-refractivity contribution in [1.29, 1.82) is 0 Å². The van der Waals surface area contributed by atoms with Crippen LogP contribution in [-0.2, 0) is 11.3 Å². The van der Waals surface area contributed by atoms with E-state index in [0.29, 0.717) is 61.4 Å². The number of rotatable bonds is 7. The van der Waals surface area contributed by atoms with Crippen molar-refractivity contribution in [3.8, 4) is 5.75 Å². The van der Waals surface area contributed by atoms with Gasteiger partial charge in [-0.1, -0.05) is 12.1 Å². The first-order valence-electron chi connectivity index (χ1n) is 9.94. The Bertz CT molecular complexity index is 1020. The summed E-state index contributed by atoms with van der Waals surface area (Å²) >= 11 is 0. The molecule has 1 atom stereocenters. The van der Waals surface area contributed by atoms with Crippen molar-refractivity contribution in [3.63, 3.8) is 0 Å². The van der Waals surface area contributed by atoms with Crippen LogP contribution in [0.25, 0.3) is 0 Å². The number of aliphatic hydroxyl groups excluding tert-OH is 1. The van der Waals surface area contributed by atoms with Crippen molar-refractivity contribution in [3.05, 3.63) is 59.4 Å². The van der Waals surface area contributed by atoms with Crippen molar-refractivity contribution in [2.24, 2.45) is 5.73 Å². The van der Waals surface area contributed by atoms with Gasteiger partial charge in [-0.3, -0.25) is 5.10 Å². The molecule has 1 aliphatic rings. The topological polar surface area (TPSA) is 132 Å². The van der Waals surface area contributed by atoms with E-state index in [-0.39, 0.29) is 11.6 Å². The maximum absolute atomic E-state index is 14.7. The molecule has 10 heteroatoms. The molecule has 4 rings (SSSR count). The molecular weight excluding hydrogens is 403 g/mol. The summed E-state index contributed by atoms with van der Waals surface area (Å²) in [7, 11) is 0. The minimum Gasteiger partial charge on any atom is -0.508 e. The number of halogens is 1. The van der Waals surface area contributed by atoms with Crippen LogP contribution < -0.4 is 21.3 Å². The number of hydrogen-bond donors (Lipinski definition) is 6. The van der Waals surface area contributed by atoms with Gasteiger partial charge in [-0.2, -0.15) is 5.10 Å². The van der Waals surface area contributed by atoms with Crippen molar-refractivity contribution in [1.82, 2.24) is 10.2 Å². The highest BCUT2D eigenvalue weighted by Gasteiger charge is 2.20. The SMILES string of the molecule is NC(O)c1c(NCc2ccc(O)cc2)n[nH]c1Nc1ccc(N2CCOCC2)c(F)c1. The zero-order valence-electron chi connectivity index (χ0n) is 16.8. The standard InChI is InChI=1S/C21H25FN6O3/c22-16-11-14(3-6-17(16)28-7-9-31-10-8-28)25-21-18(19(23)30)20(26-27-21)24-12-13-1-4-15(29)5-2-13/h1-6,11,19,29-30H,7-10,12,23H2,(H3,24,25,26,27). The van der Waals surface area contributed by atoms with Crippen LogP contribution in [0.1, 0.15) is 17.4 Å². The molecule has 1 unspecified atom stereocenters. The lowest BCUT2D eigenvalue weighted by molar-refractivity contribution is 0.122. The summed E-state index contributed by atoms with van der Waals surface area (Å²) in [6, 6.07) is 11.6. The zero-order chi connectivity index (χ0) is 21.8. The van der Waals surface area contributed by atoms with Gasteiger partial charge in [0.05, 0.1) is 24.5 Å². The minimum atomic E-state index is -1.30. The molecule has 0 amide bonds. The number of aromatic amines is 1. The molecule has 2 aromatic carbocycles. The molecule has 3 aromatic rings. The van der Waals surface area contributed by atoms with Gasteiger partial charge in [0.25, 0.3) is 0 Å². The van der Waals surface area contributed by atoms with Crippen LogP contribution in [0.5, 0.6) is 5.75 Å². The summed E-state index contributed by atoms with van der Waals surface area (Å²) in [5.74, 6) is 0.560. The van der Waals surface area contributed by atoms with Crippen LogP contribution in [0, 0.1) is 5.82 Å². The number of phenols is 1. The van der Waals surface area contributed by atoms with Gasteiger partial charge >= 0.3 is 0 Å². The number of morpholine rings is 1. The second kappa shape index (κ2) is 9.21. The van der Waals surface area contributed by atoms with Crippen LogP contribution in [0.3, 0.4) is 0 Å². The fourth-order valence-corrected chi connectivity index (χ4v) is 3.46. The fourth-order valence-electron chi connectivity index (χ4n) is 3.46. The Balaban J connectivity index is 1.49. The molecule has 31 heavy (non-hydrogen) atoms. The molecule has 1 fully saturated rings. The molecule has 1 saturated heterocycles. The molecule has 0 spiro atoms. The van der Waals surface area contributed by atoms with E-state index in [2.05, 4.69) is 20.8 Å². The molecule has 1 aliphatic heterocycles. The summed E-state index contributed by atoms with van der Waals surface area (Å²) in [6.07, 6.45) is -1.30. The van der Waals surface area contributed by atoms with Crippen molar-refractivity contribution in [2.75, 3.05) is 41.8 Å². The highest BCUT2D eigenvalue weighted by atomic mass is 19.1. The van der Waals surface area contributed by atoms with Gasteiger partial charge < -0.3 is 36.2 Å². The lowest BCUT2D eigenvalue weighted by Gasteiger charge is -2.29. The van der Waals surface area contributed by atoms with E-state index >= 15 is 0 Å². The molecule has 7 N–H and O–H groups in total. The van der Waals surface area contributed by atoms with Crippen molar-refractivity contribution in [2.45, 2.75) is 12.8 Å². The van der Waals surface area contributed by atoms with Gasteiger partial charge in [-0.15, -0.1) is 0 Å². The monoisotopic (exact) mass is 428 g/mol. The summed E-state index contributed by atoms with van der Waals surface area (Å²) in [6.45, 7) is 2.84. The molecule has 0 bridgehead atoms. The first-order valence-corrected chi connectivity index (χ1v) is 9.94. The van der Waals surface area contributed by atoms with E-state index in [9.17, 15) is 14.6 Å². The number of nitrogens with one attached hydrogen (secondary N) is 3. The smallest absolute Gasteiger partial charge is 0.157 e. The first kappa shape index (κ1) is 20.9. The van der Waals surface area contributed by atoms with E-state index in [4.69, 9.17) is 10.5 Å². The fraction of sp³-hybridized carbons (Fsp3) is 0.286. The van der Waals surface area contributed by atoms with E-state index < -0.39 is 6.23 Å². The van der Waals surface area contributed by atoms with E-state index in [1.54, 1.807) is 36.4 Å². The second-order valence-electron chi connectivity index (χ2n) is 7.22. The number of H-pyrrole nitrogens is 1. The Morgan fingerprint density at radius 2 is 1.94 bits per heavy atom. The summed E-state index contributed by atoms with van der Waals surface area (Å²) in [5.41, 5.74) is 8.00. The molecule has 164 valence electrons.